The van der Waals surface area contributed by atoms with Crippen LogP contribution in [0.15, 0.2) is 22.7 Å². The van der Waals surface area contributed by atoms with Gasteiger partial charge in [-0.05, 0) is 13.0 Å². The lowest BCUT2D eigenvalue weighted by molar-refractivity contribution is 0.280. The molecule has 0 aliphatic rings. The normalized spacial score (nSPS) is 12.2. The van der Waals surface area contributed by atoms with Crippen molar-refractivity contribution in [1.29, 1.82) is 0 Å². The lowest BCUT2D eigenvalue weighted by Gasteiger charge is -2.14. The van der Waals surface area contributed by atoms with Crippen LogP contribution in [0.1, 0.15) is 30.2 Å². The van der Waals surface area contributed by atoms with Gasteiger partial charge in [0.25, 0.3) is 0 Å². The first-order valence-electron chi connectivity index (χ1n) is 5.95. The van der Waals surface area contributed by atoms with Crippen LogP contribution < -0.4 is 15.2 Å². The lowest BCUT2D eigenvalue weighted by Crippen LogP contribution is -2.08. The van der Waals surface area contributed by atoms with Gasteiger partial charge in [0.15, 0.2) is 6.61 Å². The van der Waals surface area contributed by atoms with Crippen molar-refractivity contribution in [1.82, 2.24) is 10.1 Å². The Kier molecular flexibility index (Phi) is 4.01. The van der Waals surface area contributed by atoms with Gasteiger partial charge in [-0.25, -0.2) is 0 Å². The third-order valence-corrected chi connectivity index (χ3v) is 2.64. The minimum Gasteiger partial charge on any atom is -0.497 e. The summed E-state index contributed by atoms with van der Waals surface area (Å²) in [5, 5.41) is 3.77. The molecule has 2 rings (SSSR count). The highest BCUT2D eigenvalue weighted by atomic mass is 16.5. The van der Waals surface area contributed by atoms with E-state index in [1.807, 2.05) is 19.1 Å². The second-order valence-corrected chi connectivity index (χ2v) is 4.21. The molecule has 0 saturated carbocycles. The van der Waals surface area contributed by atoms with E-state index >= 15 is 0 Å². The first kappa shape index (κ1) is 13.4. The van der Waals surface area contributed by atoms with Crippen LogP contribution in [0.5, 0.6) is 11.5 Å². The maximum Gasteiger partial charge on any atom is 0.223 e. The molecule has 0 fully saturated rings. The Morgan fingerprint density at radius 2 is 2.21 bits per heavy atom. The molecule has 0 saturated heterocycles. The van der Waals surface area contributed by atoms with Gasteiger partial charge in [0.05, 0.1) is 7.11 Å². The zero-order chi connectivity index (χ0) is 13.8. The molecule has 6 nitrogen and oxygen atoms in total. The highest BCUT2D eigenvalue weighted by Gasteiger charge is 2.11. The average molecular weight is 263 g/mol. The Morgan fingerprint density at radius 3 is 2.79 bits per heavy atom. The van der Waals surface area contributed by atoms with Gasteiger partial charge in [-0.2, -0.15) is 4.98 Å². The summed E-state index contributed by atoms with van der Waals surface area (Å²) in [4.78, 5) is 4.08. The van der Waals surface area contributed by atoms with E-state index in [9.17, 15) is 0 Å². The topological polar surface area (TPSA) is 83.4 Å². The smallest absolute Gasteiger partial charge is 0.223 e. The molecule has 2 N–H and O–H groups in total. The zero-order valence-corrected chi connectivity index (χ0v) is 11.2. The van der Waals surface area contributed by atoms with Gasteiger partial charge in [-0.15, -0.1) is 0 Å². The summed E-state index contributed by atoms with van der Waals surface area (Å²) in [5.74, 6) is 2.38. The van der Waals surface area contributed by atoms with E-state index in [1.54, 1.807) is 20.1 Å². The molecule has 0 spiro atoms. The summed E-state index contributed by atoms with van der Waals surface area (Å²) in [6, 6.07) is 5.41. The number of nitrogens with zero attached hydrogens (tertiary/aromatic N) is 2. The molecule has 1 atom stereocenters. The molecule has 1 aromatic heterocycles. The Labute approximate surface area is 111 Å². The van der Waals surface area contributed by atoms with Crippen LogP contribution in [0, 0.1) is 6.92 Å². The maximum absolute atomic E-state index is 5.91. The first-order chi connectivity index (χ1) is 9.10. The van der Waals surface area contributed by atoms with E-state index in [2.05, 4.69) is 10.1 Å². The molecule has 102 valence electrons. The number of benzene rings is 1. The maximum atomic E-state index is 5.91. The molecular formula is C13H17N3O3. The largest absolute Gasteiger partial charge is 0.497 e. The molecule has 1 aromatic carbocycles. The Morgan fingerprint density at radius 1 is 1.42 bits per heavy atom. The van der Waals surface area contributed by atoms with E-state index in [4.69, 9.17) is 19.7 Å². The van der Waals surface area contributed by atoms with E-state index in [0.29, 0.717) is 23.2 Å². The molecule has 0 aliphatic heterocycles. The highest BCUT2D eigenvalue weighted by molar-refractivity contribution is 5.42. The molecular weight excluding hydrogens is 246 g/mol. The van der Waals surface area contributed by atoms with Gasteiger partial charge >= 0.3 is 0 Å². The molecule has 2 aromatic rings. The van der Waals surface area contributed by atoms with Gasteiger partial charge in [-0.1, -0.05) is 11.2 Å². The molecule has 0 unspecified atom stereocenters. The third-order valence-electron chi connectivity index (χ3n) is 2.64. The summed E-state index contributed by atoms with van der Waals surface area (Å²) in [7, 11) is 1.60. The van der Waals surface area contributed by atoms with Crippen LogP contribution in [0.25, 0.3) is 0 Å². The van der Waals surface area contributed by atoms with E-state index in [1.165, 1.54) is 0 Å². The Bertz CT molecular complexity index is 552. The fourth-order valence-electron chi connectivity index (χ4n) is 1.69. The van der Waals surface area contributed by atoms with Gasteiger partial charge in [0.1, 0.15) is 11.5 Å². The molecule has 6 heteroatoms. The average Bonchev–Trinajstić information content (AvgIpc) is 2.81. The predicted octanol–water partition coefficient (Wildman–Crippen LogP) is 1.99. The Hall–Kier alpha value is -2.08. The third kappa shape index (κ3) is 3.23. The quantitative estimate of drug-likeness (QED) is 0.888. The number of hydrogen-bond acceptors (Lipinski definition) is 6. The van der Waals surface area contributed by atoms with Gasteiger partial charge in [0, 0.05) is 24.6 Å². The van der Waals surface area contributed by atoms with Crippen molar-refractivity contribution in [2.75, 3.05) is 7.11 Å². The van der Waals surface area contributed by atoms with E-state index in [0.717, 1.165) is 5.56 Å². The number of methoxy groups -OCH3 is 1. The van der Waals surface area contributed by atoms with Crippen LogP contribution >= 0.6 is 0 Å². The van der Waals surface area contributed by atoms with E-state index in [-0.39, 0.29) is 12.6 Å². The summed E-state index contributed by atoms with van der Waals surface area (Å²) in [6.45, 7) is 3.85. The second-order valence-electron chi connectivity index (χ2n) is 4.21. The van der Waals surface area contributed by atoms with Crippen molar-refractivity contribution < 1.29 is 14.0 Å². The van der Waals surface area contributed by atoms with Crippen LogP contribution in [-0.2, 0) is 6.61 Å². The standard InChI is InChI=1S/C13H17N3O3/c1-8(14)11-5-4-10(17-3)6-12(11)18-7-13-15-9(2)19-16-13/h4-6,8H,7,14H2,1-3H3/t8-/m0/s1. The zero-order valence-electron chi connectivity index (χ0n) is 11.2. The predicted molar refractivity (Wildman–Crippen MR) is 69.0 cm³/mol. The molecule has 0 radical (unpaired) electrons. The molecule has 0 bridgehead atoms. The van der Waals surface area contributed by atoms with Gasteiger partial charge < -0.3 is 19.7 Å². The summed E-state index contributed by atoms with van der Waals surface area (Å²) in [6.07, 6.45) is 0. The van der Waals surface area contributed by atoms with E-state index < -0.39 is 0 Å². The Balaban J connectivity index is 2.17. The van der Waals surface area contributed by atoms with Crippen molar-refractivity contribution in [3.8, 4) is 11.5 Å². The van der Waals surface area contributed by atoms with Crippen molar-refractivity contribution in [3.05, 3.63) is 35.5 Å². The summed E-state index contributed by atoms with van der Waals surface area (Å²) in [5.41, 5.74) is 6.81. The van der Waals surface area contributed by atoms with Crippen molar-refractivity contribution in [3.63, 3.8) is 0 Å². The van der Waals surface area contributed by atoms with Crippen molar-refractivity contribution >= 4 is 0 Å². The van der Waals surface area contributed by atoms with Gasteiger partial charge in [0.2, 0.25) is 11.7 Å². The van der Waals surface area contributed by atoms with Crippen LogP contribution in [0.3, 0.4) is 0 Å². The number of nitrogens with two attached hydrogens (primary N) is 1. The molecule has 19 heavy (non-hydrogen) atoms. The fourth-order valence-corrected chi connectivity index (χ4v) is 1.69. The highest BCUT2D eigenvalue weighted by Crippen LogP contribution is 2.29. The number of ether oxygens (including phenoxy) is 2. The van der Waals surface area contributed by atoms with Crippen LogP contribution in [0.2, 0.25) is 0 Å². The number of aryl methyl sites for hydroxylation is 1. The van der Waals surface area contributed by atoms with Crippen molar-refractivity contribution in [2.24, 2.45) is 5.73 Å². The number of aromatic nitrogens is 2. The van der Waals surface area contributed by atoms with Crippen molar-refractivity contribution in [2.45, 2.75) is 26.5 Å². The SMILES string of the molecule is COc1ccc([C@H](C)N)c(OCc2noc(C)n2)c1. The minimum absolute atomic E-state index is 0.132. The first-order valence-corrected chi connectivity index (χ1v) is 5.95. The monoisotopic (exact) mass is 263 g/mol. The van der Waals surface area contributed by atoms with Crippen LogP contribution in [0.4, 0.5) is 0 Å². The molecule has 0 aliphatic carbocycles. The van der Waals surface area contributed by atoms with Gasteiger partial charge in [-0.3, -0.25) is 0 Å². The second kappa shape index (κ2) is 5.71. The minimum atomic E-state index is -0.132. The summed E-state index contributed by atoms with van der Waals surface area (Å²) >= 11 is 0. The summed E-state index contributed by atoms with van der Waals surface area (Å²) < 4.78 is 15.8. The molecule has 0 amide bonds. The number of rotatable bonds is 5. The fraction of sp³-hybridized carbons (Fsp3) is 0.385. The number of hydrogen-bond donors (Lipinski definition) is 1. The van der Waals surface area contributed by atoms with Crippen LogP contribution in [-0.4, -0.2) is 17.3 Å². The molecule has 1 heterocycles. The lowest BCUT2D eigenvalue weighted by atomic mass is 10.1.